The molecule has 0 bridgehead atoms. The first-order valence-corrected chi connectivity index (χ1v) is 16.8. The number of hydrogen-bond donors (Lipinski definition) is 4. The van der Waals surface area contributed by atoms with Gasteiger partial charge in [-0.2, -0.15) is 0 Å². The Balaban J connectivity index is 0.000000481. The molecule has 4 rings (SSSR count). The molecule has 0 heterocycles. The van der Waals surface area contributed by atoms with Gasteiger partial charge in [-0.25, -0.2) is 0 Å². The Labute approximate surface area is 318 Å². The quantitative estimate of drug-likeness (QED) is 0.0790. The first kappa shape index (κ1) is 43.8. The minimum absolute atomic E-state index is 0. The van der Waals surface area contributed by atoms with Gasteiger partial charge < -0.3 is 21.3 Å². The summed E-state index contributed by atoms with van der Waals surface area (Å²) in [5.74, 6) is 0.193. The third-order valence-corrected chi connectivity index (χ3v) is 7.49. The summed E-state index contributed by atoms with van der Waals surface area (Å²) in [4.78, 5) is 46.0. The van der Waals surface area contributed by atoms with Crippen LogP contribution in [0.5, 0.6) is 0 Å². The molecule has 10 heteroatoms. The molecule has 50 heavy (non-hydrogen) atoms. The molecule has 0 atom stereocenters. The van der Waals surface area contributed by atoms with Crippen LogP contribution in [0, 0.1) is 0 Å². The van der Waals surface area contributed by atoms with Crippen molar-refractivity contribution in [1.29, 1.82) is 0 Å². The molecule has 0 amide bonds. The third kappa shape index (κ3) is 18.5. The molecule has 0 unspecified atom stereocenters. The van der Waals surface area contributed by atoms with Crippen molar-refractivity contribution in [2.24, 2.45) is 0 Å². The summed E-state index contributed by atoms with van der Waals surface area (Å²) >= 11 is 0. The second-order valence-corrected chi connectivity index (χ2v) is 11.4. The summed E-state index contributed by atoms with van der Waals surface area (Å²) in [5, 5.41) is 12.8. The number of unbranched alkanes of at least 4 members (excludes halogenated alkanes) is 6. The fraction of sp³-hybridized carbons (Fsp3) is 0.300. The molecule has 4 N–H and O–H groups in total. The van der Waals surface area contributed by atoms with Crippen LogP contribution in [0.25, 0.3) is 0 Å². The summed E-state index contributed by atoms with van der Waals surface area (Å²) in [6.45, 7) is 3.49. The molecule has 0 aromatic heterocycles. The van der Waals surface area contributed by atoms with E-state index in [0.717, 1.165) is 77.5 Å². The van der Waals surface area contributed by atoms with Gasteiger partial charge >= 0.3 is 0 Å². The molecule has 0 aromatic carbocycles. The van der Waals surface area contributed by atoms with E-state index in [2.05, 4.69) is 21.3 Å². The van der Waals surface area contributed by atoms with Gasteiger partial charge in [0.25, 0.3) is 0 Å². The minimum atomic E-state index is 0. The Morgan fingerprint density at radius 2 is 0.520 bits per heavy atom. The Morgan fingerprint density at radius 1 is 0.320 bits per heavy atom. The average Bonchev–Trinajstić information content (AvgIpc) is 3.10. The van der Waals surface area contributed by atoms with Gasteiger partial charge in [0.05, 0.1) is 0 Å². The van der Waals surface area contributed by atoms with Crippen LogP contribution >= 0.6 is 0 Å². The number of hydrogen-bond acceptors (Lipinski definition) is 8. The molecule has 0 aliphatic heterocycles. The standard InChI is InChI=1S/2C20H24N2O2.2Cu/c2*23-19-11-5-3-9-17(19)15-21-13-7-1-2-8-14-22-16-18-10-4-6-12-20(18)24;;/h2*3-6,9-12,15-16,21-22H,1-2,7-8,13-14H2;;. The van der Waals surface area contributed by atoms with E-state index in [4.69, 9.17) is 0 Å². The van der Waals surface area contributed by atoms with Crippen LogP contribution in [-0.2, 0) is 53.3 Å². The largest absolute Gasteiger partial charge is 0.390 e. The van der Waals surface area contributed by atoms with Crippen molar-refractivity contribution in [1.82, 2.24) is 21.3 Å². The number of allylic oxidation sites excluding steroid dienone is 20. The number of nitrogens with one attached hydrogen (secondary N) is 4. The third-order valence-electron chi connectivity index (χ3n) is 7.49. The van der Waals surface area contributed by atoms with Crippen LogP contribution in [0.4, 0.5) is 0 Å². The van der Waals surface area contributed by atoms with Crippen LogP contribution in [0.2, 0.25) is 0 Å². The van der Waals surface area contributed by atoms with Crippen molar-refractivity contribution in [3.8, 4) is 0 Å². The number of rotatable bonds is 18. The van der Waals surface area contributed by atoms with E-state index in [-0.39, 0.29) is 57.3 Å². The van der Waals surface area contributed by atoms with Crippen molar-refractivity contribution in [2.45, 2.75) is 51.4 Å². The van der Waals surface area contributed by atoms with Gasteiger partial charge in [0.1, 0.15) is 0 Å². The zero-order chi connectivity index (χ0) is 34.1. The van der Waals surface area contributed by atoms with Crippen molar-refractivity contribution in [3.05, 3.63) is 144 Å². The first-order chi connectivity index (χ1) is 23.5. The maximum atomic E-state index is 11.5. The molecular weight excluding hydrogens is 728 g/mol. The fourth-order valence-electron chi connectivity index (χ4n) is 4.74. The number of ketones is 4. The van der Waals surface area contributed by atoms with Crippen LogP contribution < -0.4 is 21.3 Å². The maximum Gasteiger partial charge on any atom is 0.187 e. The van der Waals surface area contributed by atoms with E-state index in [0.29, 0.717) is 22.3 Å². The molecule has 8 nitrogen and oxygen atoms in total. The van der Waals surface area contributed by atoms with Crippen molar-refractivity contribution >= 4 is 23.1 Å². The topological polar surface area (TPSA) is 116 Å². The molecule has 0 fully saturated rings. The van der Waals surface area contributed by atoms with Gasteiger partial charge in [0, 0.05) is 107 Å². The average molecular weight is 776 g/mol. The molecule has 0 saturated carbocycles. The SMILES string of the molecule is O=C1C=CC=CC1=CNCCCCCCNC=C1C=CC=CC1=O.O=C1C=CC=CC1=CNCCCCCCNC=C1C=CC=CC1=O.[Cu].[Cu]. The van der Waals surface area contributed by atoms with Gasteiger partial charge in [-0.1, -0.05) is 74.3 Å². The number of carbonyl (C=O) groups is 4. The Morgan fingerprint density at radius 3 is 0.720 bits per heavy atom. The van der Waals surface area contributed by atoms with E-state index in [9.17, 15) is 19.2 Å². The van der Waals surface area contributed by atoms with Crippen LogP contribution in [0.3, 0.4) is 0 Å². The predicted octanol–water partition coefficient (Wildman–Crippen LogP) is 5.76. The van der Waals surface area contributed by atoms with Crippen LogP contribution in [-0.4, -0.2) is 49.3 Å². The van der Waals surface area contributed by atoms with Gasteiger partial charge in [-0.05, 0) is 74.3 Å². The van der Waals surface area contributed by atoms with E-state index in [1.807, 2.05) is 48.6 Å². The van der Waals surface area contributed by atoms with Crippen molar-refractivity contribution < 1.29 is 53.3 Å². The Hall–Kier alpha value is -4.20. The van der Waals surface area contributed by atoms with Crippen molar-refractivity contribution in [3.63, 3.8) is 0 Å². The maximum absolute atomic E-state index is 11.5. The monoisotopic (exact) mass is 774 g/mol. The fourth-order valence-corrected chi connectivity index (χ4v) is 4.74. The smallest absolute Gasteiger partial charge is 0.187 e. The summed E-state index contributed by atoms with van der Waals surface area (Å²) in [6.07, 6.45) is 44.0. The predicted molar refractivity (Wildman–Crippen MR) is 194 cm³/mol. The van der Waals surface area contributed by atoms with Crippen molar-refractivity contribution in [2.75, 3.05) is 26.2 Å². The van der Waals surface area contributed by atoms with E-state index >= 15 is 0 Å². The minimum Gasteiger partial charge on any atom is -0.390 e. The van der Waals surface area contributed by atoms with Gasteiger partial charge in [0.15, 0.2) is 23.1 Å². The van der Waals surface area contributed by atoms with Crippen LogP contribution in [0.15, 0.2) is 144 Å². The van der Waals surface area contributed by atoms with Crippen LogP contribution in [0.1, 0.15) is 51.4 Å². The number of carbonyl (C=O) groups excluding carboxylic acids is 4. The van der Waals surface area contributed by atoms with E-state index in [1.54, 1.807) is 73.4 Å². The molecule has 4 aliphatic carbocycles. The Bertz CT molecular complexity index is 1280. The summed E-state index contributed by atoms with van der Waals surface area (Å²) in [6, 6.07) is 0. The first-order valence-electron chi connectivity index (χ1n) is 16.8. The molecule has 0 saturated heterocycles. The molecule has 4 aliphatic rings. The van der Waals surface area contributed by atoms with Gasteiger partial charge in [-0.15, -0.1) is 0 Å². The zero-order valence-electron chi connectivity index (χ0n) is 28.3. The van der Waals surface area contributed by atoms with Gasteiger partial charge in [0.2, 0.25) is 0 Å². The molecule has 0 spiro atoms. The summed E-state index contributed by atoms with van der Waals surface area (Å²) in [7, 11) is 0. The summed E-state index contributed by atoms with van der Waals surface area (Å²) < 4.78 is 0. The molecule has 2 radical (unpaired) electrons. The Kier molecular flexibility index (Phi) is 24.2. The zero-order valence-corrected chi connectivity index (χ0v) is 30.2. The molecular formula is C40H48Cu2N4O4. The second-order valence-electron chi connectivity index (χ2n) is 11.4. The van der Waals surface area contributed by atoms with E-state index in [1.165, 1.54) is 0 Å². The second kappa shape index (κ2) is 27.6. The van der Waals surface area contributed by atoms with E-state index < -0.39 is 0 Å². The normalized spacial score (nSPS) is 18.7. The summed E-state index contributed by atoms with van der Waals surface area (Å²) in [5.41, 5.74) is 2.82. The molecule has 274 valence electrons. The molecule has 0 aromatic rings. The van der Waals surface area contributed by atoms with Gasteiger partial charge in [-0.3, -0.25) is 19.2 Å².